The number of esters is 1. The van der Waals surface area contributed by atoms with Crippen molar-refractivity contribution < 1.29 is 29.6 Å². The van der Waals surface area contributed by atoms with Gasteiger partial charge < -0.3 is 0 Å². The van der Waals surface area contributed by atoms with Crippen LogP contribution in [0.15, 0.2) is 4.94 Å². The van der Waals surface area contributed by atoms with Gasteiger partial charge in [-0.3, -0.25) is 0 Å². The molecule has 0 saturated carbocycles. The van der Waals surface area contributed by atoms with Crippen LogP contribution < -0.4 is 0 Å². The van der Waals surface area contributed by atoms with E-state index in [1.54, 1.807) is 11.9 Å². The molecule has 2 heterocycles. The molecule has 1 aromatic rings. The Hall–Kier alpha value is -0.761. The third-order valence-electron chi connectivity index (χ3n) is 2.79. The summed E-state index contributed by atoms with van der Waals surface area (Å²) in [6.07, 6.45) is -3.91. The fourth-order valence-electron chi connectivity index (χ4n) is 1.82. The number of aliphatic hydroxyl groups is 3. The molecule has 2 rings (SSSR count). The summed E-state index contributed by atoms with van der Waals surface area (Å²) < 4.78 is 10.7. The fraction of sp³-hybridized carbons (Fsp3) is 0.636. The Balaban J connectivity index is 2.13. The second kappa shape index (κ2) is 6.13. The minimum absolute atomic E-state index is 0.203. The Bertz CT molecular complexity index is 450. The van der Waals surface area contributed by atoms with E-state index in [1.807, 2.05) is 0 Å². The van der Waals surface area contributed by atoms with E-state index >= 15 is 0 Å². The van der Waals surface area contributed by atoms with E-state index in [1.165, 1.54) is 0 Å². The monoisotopic (exact) mass is 337 g/mol. The van der Waals surface area contributed by atoms with Crippen LogP contribution in [-0.2, 0) is 9.47 Å². The summed E-state index contributed by atoms with van der Waals surface area (Å²) in [5, 5.41) is 28.5. The van der Waals surface area contributed by atoms with E-state index in [2.05, 4.69) is 4.98 Å². The van der Waals surface area contributed by atoms with Crippen LogP contribution in [0.5, 0.6) is 0 Å². The molecule has 0 radical (unpaired) electrons. The summed E-state index contributed by atoms with van der Waals surface area (Å²) in [6, 6.07) is 0. The zero-order valence-corrected chi connectivity index (χ0v) is 11.9. The van der Waals surface area contributed by atoms with E-state index in [0.29, 0.717) is 4.57 Å². The number of hydrogen-bond donors (Lipinski definition) is 3. The Kier molecular flexibility index (Phi) is 4.72. The van der Waals surface area contributed by atoms with Gasteiger partial charge in [-0.15, -0.1) is 0 Å². The van der Waals surface area contributed by atoms with Gasteiger partial charge in [0.2, 0.25) is 0 Å². The standard InChI is InChI=1S/C11H15NO6Se/c1-2-17-11(16)5-4-19-10(12-5)9-8(15)7(14)6(3-13)18-9/h4,6-9,13-15H,2-3H2,1H3/t6-,7-,8-,9?/m1/s1. The van der Waals surface area contributed by atoms with E-state index in [4.69, 9.17) is 14.6 Å². The van der Waals surface area contributed by atoms with Crippen LogP contribution in [0.25, 0.3) is 0 Å². The number of hydrogen-bond acceptors (Lipinski definition) is 7. The molecule has 3 N–H and O–H groups in total. The summed E-state index contributed by atoms with van der Waals surface area (Å²) in [5.74, 6) is -0.508. The van der Waals surface area contributed by atoms with Crippen LogP contribution in [0.4, 0.5) is 0 Å². The third kappa shape index (κ3) is 2.89. The molecule has 1 aliphatic rings. The number of carbonyl (C=O) groups is 1. The van der Waals surface area contributed by atoms with Gasteiger partial charge in [0.05, 0.1) is 0 Å². The minimum atomic E-state index is -1.15. The van der Waals surface area contributed by atoms with Gasteiger partial charge in [-0.25, -0.2) is 0 Å². The van der Waals surface area contributed by atoms with Gasteiger partial charge >= 0.3 is 115 Å². The van der Waals surface area contributed by atoms with Gasteiger partial charge in [0, 0.05) is 0 Å². The number of rotatable bonds is 4. The van der Waals surface area contributed by atoms with Crippen LogP contribution in [0.3, 0.4) is 0 Å². The molecule has 1 fully saturated rings. The molecule has 0 aliphatic carbocycles. The third-order valence-corrected chi connectivity index (χ3v) is 4.69. The molecule has 1 aromatic heterocycles. The van der Waals surface area contributed by atoms with Crippen molar-refractivity contribution in [3.63, 3.8) is 0 Å². The molecular formula is C11H15NO6Se. The topological polar surface area (TPSA) is 109 Å². The zero-order valence-electron chi connectivity index (χ0n) is 10.2. The Morgan fingerprint density at radius 2 is 2.26 bits per heavy atom. The van der Waals surface area contributed by atoms with Gasteiger partial charge in [0.25, 0.3) is 0 Å². The van der Waals surface area contributed by atoms with Crippen molar-refractivity contribution in [2.45, 2.75) is 31.3 Å². The molecule has 19 heavy (non-hydrogen) atoms. The van der Waals surface area contributed by atoms with E-state index in [-0.39, 0.29) is 33.4 Å². The van der Waals surface area contributed by atoms with E-state index in [0.717, 1.165) is 0 Å². The van der Waals surface area contributed by atoms with Gasteiger partial charge in [-0.1, -0.05) is 0 Å². The van der Waals surface area contributed by atoms with Crippen LogP contribution in [0.2, 0.25) is 0 Å². The first-order valence-corrected chi connectivity index (χ1v) is 7.68. The van der Waals surface area contributed by atoms with Crippen LogP contribution in [-0.4, -0.2) is 72.3 Å². The normalized spacial score (nSPS) is 30.5. The number of nitrogens with zero attached hydrogens (tertiary/aromatic N) is 1. The van der Waals surface area contributed by atoms with Crippen LogP contribution in [0.1, 0.15) is 28.1 Å². The van der Waals surface area contributed by atoms with Crippen molar-refractivity contribution in [2.75, 3.05) is 13.2 Å². The molecule has 4 atom stereocenters. The molecule has 8 heteroatoms. The number of ether oxygens (including phenoxy) is 2. The van der Waals surface area contributed by atoms with Crippen LogP contribution >= 0.6 is 0 Å². The second-order valence-electron chi connectivity index (χ2n) is 4.05. The first-order chi connectivity index (χ1) is 9.08. The first kappa shape index (κ1) is 14.6. The molecule has 106 valence electrons. The summed E-state index contributed by atoms with van der Waals surface area (Å²) >= 11 is -0.238. The summed E-state index contributed by atoms with van der Waals surface area (Å²) in [6.45, 7) is 1.59. The molecule has 1 unspecified atom stereocenters. The number of aromatic nitrogens is 1. The number of carbonyl (C=O) groups excluding carboxylic acids is 1. The van der Waals surface area contributed by atoms with E-state index in [9.17, 15) is 15.0 Å². The molecule has 0 amide bonds. The number of aliphatic hydroxyl groups excluding tert-OH is 3. The molecule has 7 nitrogen and oxygen atoms in total. The predicted octanol–water partition coefficient (Wildman–Crippen LogP) is -1.53. The van der Waals surface area contributed by atoms with Crippen molar-refractivity contribution in [3.8, 4) is 0 Å². The molecule has 0 aromatic carbocycles. The van der Waals surface area contributed by atoms with Crippen molar-refractivity contribution in [2.24, 2.45) is 0 Å². The Labute approximate surface area is 115 Å². The van der Waals surface area contributed by atoms with Gasteiger partial charge in [0.15, 0.2) is 0 Å². The van der Waals surface area contributed by atoms with Crippen molar-refractivity contribution in [3.05, 3.63) is 15.2 Å². The maximum absolute atomic E-state index is 11.5. The second-order valence-corrected chi connectivity index (χ2v) is 5.92. The van der Waals surface area contributed by atoms with Crippen molar-refractivity contribution >= 4 is 20.5 Å². The molecule has 0 bridgehead atoms. The maximum atomic E-state index is 11.5. The van der Waals surface area contributed by atoms with Gasteiger partial charge in [-0.2, -0.15) is 0 Å². The van der Waals surface area contributed by atoms with Gasteiger partial charge in [0.1, 0.15) is 0 Å². The predicted molar refractivity (Wildman–Crippen MR) is 63.8 cm³/mol. The van der Waals surface area contributed by atoms with Gasteiger partial charge in [-0.05, 0) is 0 Å². The molecule has 1 saturated heterocycles. The average Bonchev–Trinajstić information content (AvgIpc) is 2.97. The molecular weight excluding hydrogens is 321 g/mol. The summed E-state index contributed by atoms with van der Waals surface area (Å²) in [7, 11) is 0. The van der Waals surface area contributed by atoms with Crippen molar-refractivity contribution in [1.82, 2.24) is 4.98 Å². The van der Waals surface area contributed by atoms with Crippen LogP contribution in [0, 0.1) is 0 Å². The molecule has 1 aliphatic heterocycles. The SMILES string of the molecule is CCOC(=O)c1c[se]c(C2O[C@H](CO)[C@@H](O)[C@H]2O)n1. The fourth-order valence-corrected chi connectivity index (χ4v) is 3.63. The summed E-state index contributed by atoms with van der Waals surface area (Å²) in [5.41, 5.74) is 0.203. The first-order valence-electron chi connectivity index (χ1n) is 5.83. The Morgan fingerprint density at radius 3 is 2.84 bits per heavy atom. The van der Waals surface area contributed by atoms with Crippen molar-refractivity contribution in [1.29, 1.82) is 0 Å². The molecule has 0 spiro atoms. The average molecular weight is 336 g/mol. The Morgan fingerprint density at radius 1 is 1.53 bits per heavy atom. The quantitative estimate of drug-likeness (QED) is 0.452. The summed E-state index contributed by atoms with van der Waals surface area (Å²) in [4.78, 5) is 17.2. The zero-order chi connectivity index (χ0) is 14.0. The van der Waals surface area contributed by atoms with E-state index < -0.39 is 30.4 Å².